The fraction of sp³-hybridized carbons (Fsp3) is 0. The van der Waals surface area contributed by atoms with Gasteiger partial charge in [0.15, 0.2) is 10.4 Å². The molecule has 5 nitrogen and oxygen atoms in total. The van der Waals surface area contributed by atoms with Crippen molar-refractivity contribution in [2.45, 2.75) is 0 Å². The fourth-order valence-corrected chi connectivity index (χ4v) is 0.492. The lowest BCUT2D eigenvalue weighted by atomic mass is 10.6. The maximum absolute atomic E-state index is 10.6. The standard InChI is InChI=1S/C3H3N4OSi/c8-3(7-9)2-4-1-5-6-2/h1H,(H,7,8)(H,4,5,6). The maximum atomic E-state index is 10.6. The first kappa shape index (κ1) is 5.95. The molecule has 0 saturated carbocycles. The molecule has 0 aromatic carbocycles. The van der Waals surface area contributed by atoms with E-state index in [0.29, 0.717) is 0 Å². The molecule has 0 saturated heterocycles. The summed E-state index contributed by atoms with van der Waals surface area (Å²) in [7, 11) is 2.79. The Hall–Kier alpha value is -1.17. The molecule has 6 heteroatoms. The predicted molar refractivity (Wildman–Crippen MR) is 29.6 cm³/mol. The highest BCUT2D eigenvalue weighted by atomic mass is 28.2. The first-order valence-electron chi connectivity index (χ1n) is 2.17. The summed E-state index contributed by atoms with van der Waals surface area (Å²) >= 11 is 0. The monoisotopic (exact) mass is 139 g/mol. The normalized spacial score (nSPS) is 9.00. The van der Waals surface area contributed by atoms with Crippen molar-refractivity contribution >= 4 is 16.3 Å². The van der Waals surface area contributed by atoms with Crippen LogP contribution in [-0.4, -0.2) is 31.5 Å². The molecule has 0 aliphatic heterocycles. The van der Waals surface area contributed by atoms with Gasteiger partial charge in [0.05, 0.1) is 0 Å². The second-order valence-corrected chi connectivity index (χ2v) is 1.54. The van der Waals surface area contributed by atoms with Gasteiger partial charge >= 0.3 is 0 Å². The molecular weight excluding hydrogens is 136 g/mol. The summed E-state index contributed by atoms with van der Waals surface area (Å²) in [5.41, 5.74) is 0. The molecule has 1 rings (SSSR count). The van der Waals surface area contributed by atoms with Crippen molar-refractivity contribution in [2.75, 3.05) is 0 Å². The number of rotatable bonds is 1. The first-order chi connectivity index (χ1) is 4.34. The first-order valence-corrected chi connectivity index (χ1v) is 2.67. The molecule has 0 aliphatic carbocycles. The molecular formula is C3H3N4OSi. The number of aromatic amines is 1. The van der Waals surface area contributed by atoms with Gasteiger partial charge in [-0.15, -0.1) is 0 Å². The van der Waals surface area contributed by atoms with Gasteiger partial charge in [-0.05, 0) is 0 Å². The molecule has 0 aliphatic rings. The highest BCUT2D eigenvalue weighted by Crippen LogP contribution is 1.81. The molecule has 45 valence electrons. The van der Waals surface area contributed by atoms with E-state index < -0.39 is 0 Å². The van der Waals surface area contributed by atoms with Crippen LogP contribution in [0.15, 0.2) is 6.33 Å². The smallest absolute Gasteiger partial charge is 0.280 e. The quantitative estimate of drug-likeness (QED) is 0.471. The number of hydrogen-bond donors (Lipinski definition) is 2. The number of aromatic nitrogens is 3. The van der Waals surface area contributed by atoms with Crippen LogP contribution in [0.1, 0.15) is 10.6 Å². The van der Waals surface area contributed by atoms with Gasteiger partial charge < -0.3 is 4.98 Å². The van der Waals surface area contributed by atoms with E-state index in [-0.39, 0.29) is 11.7 Å². The van der Waals surface area contributed by atoms with E-state index >= 15 is 0 Å². The van der Waals surface area contributed by atoms with Gasteiger partial charge in [0.2, 0.25) is 5.82 Å². The van der Waals surface area contributed by atoms with Crippen LogP contribution in [0.3, 0.4) is 0 Å². The van der Waals surface area contributed by atoms with Gasteiger partial charge in [-0.25, -0.2) is 4.98 Å². The number of carbonyl (C=O) groups is 1. The van der Waals surface area contributed by atoms with Gasteiger partial charge in [-0.3, -0.25) is 9.89 Å². The van der Waals surface area contributed by atoms with E-state index in [1.54, 1.807) is 0 Å². The van der Waals surface area contributed by atoms with Crippen molar-refractivity contribution in [3.63, 3.8) is 0 Å². The zero-order valence-corrected chi connectivity index (χ0v) is 5.38. The van der Waals surface area contributed by atoms with Crippen LogP contribution in [0.4, 0.5) is 0 Å². The molecule has 3 radical (unpaired) electrons. The minimum Gasteiger partial charge on any atom is -0.377 e. The van der Waals surface area contributed by atoms with Gasteiger partial charge in [0.1, 0.15) is 6.33 Å². The molecule has 1 heterocycles. The van der Waals surface area contributed by atoms with E-state index in [0.717, 1.165) is 0 Å². The van der Waals surface area contributed by atoms with Gasteiger partial charge in [0.25, 0.3) is 5.91 Å². The van der Waals surface area contributed by atoms with Crippen LogP contribution in [0.2, 0.25) is 0 Å². The largest absolute Gasteiger partial charge is 0.377 e. The third-order valence-corrected chi connectivity index (χ3v) is 0.971. The lowest BCUT2D eigenvalue weighted by Gasteiger charge is -1.88. The summed E-state index contributed by atoms with van der Waals surface area (Å²) in [4.78, 5) is 16.4. The molecule has 1 amide bonds. The summed E-state index contributed by atoms with van der Waals surface area (Å²) in [6, 6.07) is 0. The minimum absolute atomic E-state index is 0.185. The third kappa shape index (κ3) is 1.14. The SMILES string of the molecule is O=C(N[Si])c1ncn[nH]1. The Kier molecular flexibility index (Phi) is 1.59. The van der Waals surface area contributed by atoms with Crippen molar-refractivity contribution in [1.82, 2.24) is 20.2 Å². The Morgan fingerprint density at radius 1 is 1.89 bits per heavy atom. The summed E-state index contributed by atoms with van der Waals surface area (Å²) in [5, 5.41) is 5.86. The summed E-state index contributed by atoms with van der Waals surface area (Å²) in [6.07, 6.45) is 1.26. The zero-order chi connectivity index (χ0) is 6.69. The Morgan fingerprint density at radius 2 is 2.67 bits per heavy atom. The number of nitrogens with one attached hydrogen (secondary N) is 2. The molecule has 9 heavy (non-hydrogen) atoms. The molecule has 0 bridgehead atoms. The maximum Gasteiger partial charge on any atom is 0.280 e. The number of carbonyl (C=O) groups excluding carboxylic acids is 1. The Balaban J connectivity index is 2.77. The number of nitrogens with zero attached hydrogens (tertiary/aromatic N) is 2. The average Bonchev–Trinajstić information content (AvgIpc) is 2.37. The molecule has 0 fully saturated rings. The topological polar surface area (TPSA) is 70.7 Å². The van der Waals surface area contributed by atoms with E-state index in [4.69, 9.17) is 0 Å². The summed E-state index contributed by atoms with van der Waals surface area (Å²) in [6.45, 7) is 0. The third-order valence-electron chi connectivity index (χ3n) is 0.744. The van der Waals surface area contributed by atoms with E-state index in [1.165, 1.54) is 6.33 Å². The van der Waals surface area contributed by atoms with Crippen LogP contribution in [0, 0.1) is 0 Å². The fourth-order valence-electron chi connectivity index (χ4n) is 0.374. The minimum atomic E-state index is -0.343. The molecule has 0 spiro atoms. The van der Waals surface area contributed by atoms with E-state index in [2.05, 4.69) is 30.6 Å². The number of hydrogen-bond acceptors (Lipinski definition) is 3. The van der Waals surface area contributed by atoms with Gasteiger partial charge in [-0.2, -0.15) is 5.10 Å². The van der Waals surface area contributed by atoms with Crippen molar-refractivity contribution in [3.8, 4) is 0 Å². The Labute approximate surface area is 54.4 Å². The zero-order valence-electron chi connectivity index (χ0n) is 4.38. The second-order valence-electron chi connectivity index (χ2n) is 1.29. The van der Waals surface area contributed by atoms with Crippen LogP contribution >= 0.6 is 0 Å². The molecule has 0 unspecified atom stereocenters. The lowest BCUT2D eigenvalue weighted by Crippen LogP contribution is -2.20. The highest BCUT2D eigenvalue weighted by Gasteiger charge is 2.02. The van der Waals surface area contributed by atoms with Crippen molar-refractivity contribution in [3.05, 3.63) is 12.2 Å². The van der Waals surface area contributed by atoms with Crippen LogP contribution in [0.25, 0.3) is 0 Å². The van der Waals surface area contributed by atoms with Crippen molar-refractivity contribution < 1.29 is 4.79 Å². The predicted octanol–water partition coefficient (Wildman–Crippen LogP) is -1.38. The molecule has 2 N–H and O–H groups in total. The van der Waals surface area contributed by atoms with Crippen molar-refractivity contribution in [1.29, 1.82) is 0 Å². The number of amides is 1. The average molecular weight is 139 g/mol. The van der Waals surface area contributed by atoms with E-state index in [1.807, 2.05) is 0 Å². The Morgan fingerprint density at radius 3 is 3.11 bits per heavy atom. The Bertz CT molecular complexity index is 196. The van der Waals surface area contributed by atoms with Crippen LogP contribution in [-0.2, 0) is 0 Å². The molecule has 1 aromatic rings. The lowest BCUT2D eigenvalue weighted by molar-refractivity contribution is 0.0972. The van der Waals surface area contributed by atoms with Gasteiger partial charge in [0, 0.05) is 0 Å². The van der Waals surface area contributed by atoms with E-state index in [9.17, 15) is 4.79 Å². The van der Waals surface area contributed by atoms with Gasteiger partial charge in [-0.1, -0.05) is 0 Å². The number of H-pyrrole nitrogens is 1. The second kappa shape index (κ2) is 2.40. The van der Waals surface area contributed by atoms with Crippen LogP contribution < -0.4 is 4.98 Å². The molecule has 1 aromatic heterocycles. The summed E-state index contributed by atoms with van der Waals surface area (Å²) < 4.78 is 0. The van der Waals surface area contributed by atoms with Crippen LogP contribution in [0.5, 0.6) is 0 Å². The summed E-state index contributed by atoms with van der Waals surface area (Å²) in [5.74, 6) is -0.158. The highest BCUT2D eigenvalue weighted by molar-refractivity contribution is 6.17. The molecule has 0 atom stereocenters. The van der Waals surface area contributed by atoms with Crippen molar-refractivity contribution in [2.24, 2.45) is 0 Å².